The standard InChI is InChI=1S/C16H12N2O4/c1-10-13-6-3-7-17-15(13)22-16(19)14(10)9-11-4-2-5-12(8-11)18(20)21/h2-8H,9H2,1H3. The van der Waals surface area contributed by atoms with Gasteiger partial charge in [0.1, 0.15) is 0 Å². The summed E-state index contributed by atoms with van der Waals surface area (Å²) >= 11 is 0. The van der Waals surface area contributed by atoms with Crippen molar-refractivity contribution in [2.24, 2.45) is 0 Å². The van der Waals surface area contributed by atoms with Crippen molar-refractivity contribution < 1.29 is 9.34 Å². The first-order valence-electron chi connectivity index (χ1n) is 6.67. The third-order valence-electron chi connectivity index (χ3n) is 3.57. The highest BCUT2D eigenvalue weighted by atomic mass is 16.6. The van der Waals surface area contributed by atoms with Crippen LogP contribution < -0.4 is 5.63 Å². The maximum atomic E-state index is 12.1. The quantitative estimate of drug-likeness (QED) is 0.547. The molecule has 0 radical (unpaired) electrons. The molecular weight excluding hydrogens is 284 g/mol. The maximum Gasteiger partial charge on any atom is 0.341 e. The third kappa shape index (κ3) is 2.46. The van der Waals surface area contributed by atoms with Gasteiger partial charge >= 0.3 is 5.63 Å². The van der Waals surface area contributed by atoms with Crippen molar-refractivity contribution in [3.8, 4) is 0 Å². The van der Waals surface area contributed by atoms with E-state index in [1.807, 2.05) is 13.0 Å². The van der Waals surface area contributed by atoms with Gasteiger partial charge in [0.05, 0.1) is 4.92 Å². The second kappa shape index (κ2) is 5.40. The fraction of sp³-hybridized carbons (Fsp3) is 0.125. The van der Waals surface area contributed by atoms with Gasteiger partial charge in [-0.1, -0.05) is 12.1 Å². The molecule has 0 aliphatic rings. The molecule has 3 rings (SSSR count). The second-order valence-corrected chi connectivity index (χ2v) is 4.95. The van der Waals surface area contributed by atoms with Crippen LogP contribution >= 0.6 is 0 Å². The lowest BCUT2D eigenvalue weighted by Crippen LogP contribution is -2.11. The number of nitrogens with zero attached hydrogens (tertiary/aromatic N) is 2. The maximum absolute atomic E-state index is 12.1. The van der Waals surface area contributed by atoms with Gasteiger partial charge in [0.2, 0.25) is 5.71 Å². The first-order chi connectivity index (χ1) is 10.6. The van der Waals surface area contributed by atoms with E-state index in [9.17, 15) is 14.9 Å². The van der Waals surface area contributed by atoms with E-state index in [0.717, 1.165) is 10.9 Å². The molecule has 6 nitrogen and oxygen atoms in total. The SMILES string of the molecule is Cc1c(Cc2cccc([N+](=O)[O-])c2)c(=O)oc2ncccc12. The van der Waals surface area contributed by atoms with Crippen LogP contribution in [-0.4, -0.2) is 9.91 Å². The average molecular weight is 296 g/mol. The van der Waals surface area contributed by atoms with E-state index in [1.165, 1.54) is 12.1 Å². The fourth-order valence-electron chi connectivity index (χ4n) is 2.41. The molecular formula is C16H12N2O4. The zero-order chi connectivity index (χ0) is 15.7. The molecule has 0 aliphatic carbocycles. The molecule has 0 fully saturated rings. The van der Waals surface area contributed by atoms with Crippen LogP contribution in [0.3, 0.4) is 0 Å². The Kier molecular flexibility index (Phi) is 3.42. The Bertz CT molecular complexity index is 931. The molecule has 2 aromatic heterocycles. The number of hydrogen-bond acceptors (Lipinski definition) is 5. The lowest BCUT2D eigenvalue weighted by molar-refractivity contribution is -0.384. The van der Waals surface area contributed by atoms with Crippen molar-refractivity contribution in [3.05, 3.63) is 79.8 Å². The Morgan fingerprint density at radius 3 is 2.86 bits per heavy atom. The van der Waals surface area contributed by atoms with E-state index in [1.54, 1.807) is 24.4 Å². The lowest BCUT2D eigenvalue weighted by atomic mass is 10.0. The molecule has 0 saturated heterocycles. The zero-order valence-corrected chi connectivity index (χ0v) is 11.8. The van der Waals surface area contributed by atoms with Gasteiger partial charge < -0.3 is 4.42 Å². The number of aromatic nitrogens is 1. The Hall–Kier alpha value is -3.02. The van der Waals surface area contributed by atoms with E-state index in [-0.39, 0.29) is 12.1 Å². The molecule has 0 bridgehead atoms. The van der Waals surface area contributed by atoms with Crippen LogP contribution in [0.4, 0.5) is 5.69 Å². The van der Waals surface area contributed by atoms with Gasteiger partial charge in [-0.05, 0) is 30.2 Å². The van der Waals surface area contributed by atoms with Crippen LogP contribution in [0, 0.1) is 17.0 Å². The van der Waals surface area contributed by atoms with Gasteiger partial charge in [-0.15, -0.1) is 0 Å². The molecule has 0 aliphatic heterocycles. The molecule has 110 valence electrons. The van der Waals surface area contributed by atoms with Gasteiger partial charge in [0.25, 0.3) is 5.69 Å². The number of rotatable bonds is 3. The van der Waals surface area contributed by atoms with Crippen LogP contribution in [0.1, 0.15) is 16.7 Å². The lowest BCUT2D eigenvalue weighted by Gasteiger charge is -2.07. The van der Waals surface area contributed by atoms with Gasteiger partial charge in [0, 0.05) is 35.7 Å². The van der Waals surface area contributed by atoms with Gasteiger partial charge in [0.15, 0.2) is 0 Å². The second-order valence-electron chi connectivity index (χ2n) is 4.95. The molecule has 0 N–H and O–H groups in total. The summed E-state index contributed by atoms with van der Waals surface area (Å²) in [5, 5.41) is 11.6. The normalized spacial score (nSPS) is 10.8. The van der Waals surface area contributed by atoms with Crippen molar-refractivity contribution >= 4 is 16.8 Å². The number of benzene rings is 1. The monoisotopic (exact) mass is 296 g/mol. The molecule has 0 spiro atoms. The minimum atomic E-state index is -0.463. The summed E-state index contributed by atoms with van der Waals surface area (Å²) in [5.41, 5.74) is 1.80. The zero-order valence-electron chi connectivity index (χ0n) is 11.8. The average Bonchev–Trinajstić information content (AvgIpc) is 2.52. The number of nitro groups is 1. The number of nitro benzene ring substituents is 1. The Morgan fingerprint density at radius 2 is 2.09 bits per heavy atom. The molecule has 3 aromatic rings. The Morgan fingerprint density at radius 1 is 1.27 bits per heavy atom. The van der Waals surface area contributed by atoms with E-state index < -0.39 is 10.5 Å². The van der Waals surface area contributed by atoms with Gasteiger partial charge in [-0.2, -0.15) is 0 Å². The van der Waals surface area contributed by atoms with E-state index in [2.05, 4.69) is 4.98 Å². The van der Waals surface area contributed by atoms with Crippen molar-refractivity contribution in [1.29, 1.82) is 0 Å². The molecule has 0 unspecified atom stereocenters. The minimum Gasteiger partial charge on any atom is -0.403 e. The van der Waals surface area contributed by atoms with Crippen LogP contribution in [0.15, 0.2) is 51.8 Å². The van der Waals surface area contributed by atoms with Gasteiger partial charge in [-0.25, -0.2) is 9.78 Å². The number of pyridine rings is 1. The van der Waals surface area contributed by atoms with Crippen LogP contribution in [0.5, 0.6) is 0 Å². The molecule has 2 heterocycles. The van der Waals surface area contributed by atoms with Crippen LogP contribution in [-0.2, 0) is 6.42 Å². The van der Waals surface area contributed by atoms with E-state index >= 15 is 0 Å². The van der Waals surface area contributed by atoms with Crippen molar-refractivity contribution in [1.82, 2.24) is 4.98 Å². The van der Waals surface area contributed by atoms with Crippen molar-refractivity contribution in [2.75, 3.05) is 0 Å². The predicted octanol–water partition coefficient (Wildman–Crippen LogP) is 3.00. The van der Waals surface area contributed by atoms with Crippen LogP contribution in [0.25, 0.3) is 11.1 Å². The van der Waals surface area contributed by atoms with Crippen LogP contribution in [0.2, 0.25) is 0 Å². The van der Waals surface area contributed by atoms with E-state index in [0.29, 0.717) is 16.8 Å². The molecule has 22 heavy (non-hydrogen) atoms. The first kappa shape index (κ1) is 13.9. The summed E-state index contributed by atoms with van der Waals surface area (Å²) in [4.78, 5) is 26.5. The van der Waals surface area contributed by atoms with Crippen molar-refractivity contribution in [3.63, 3.8) is 0 Å². The third-order valence-corrected chi connectivity index (χ3v) is 3.57. The Balaban J connectivity index is 2.09. The summed E-state index contributed by atoms with van der Waals surface area (Å²) in [6.45, 7) is 1.83. The molecule has 1 aromatic carbocycles. The number of hydrogen-bond donors (Lipinski definition) is 0. The smallest absolute Gasteiger partial charge is 0.341 e. The number of non-ortho nitro benzene ring substituents is 1. The summed E-state index contributed by atoms with van der Waals surface area (Å²) < 4.78 is 5.22. The molecule has 0 amide bonds. The van der Waals surface area contributed by atoms with Gasteiger partial charge in [-0.3, -0.25) is 10.1 Å². The fourth-order valence-corrected chi connectivity index (χ4v) is 2.41. The highest BCUT2D eigenvalue weighted by molar-refractivity contribution is 5.77. The predicted molar refractivity (Wildman–Crippen MR) is 80.9 cm³/mol. The molecule has 0 saturated carbocycles. The molecule has 0 atom stereocenters. The van der Waals surface area contributed by atoms with Crippen molar-refractivity contribution in [2.45, 2.75) is 13.3 Å². The largest absolute Gasteiger partial charge is 0.403 e. The number of fused-ring (bicyclic) bond motifs is 1. The summed E-state index contributed by atoms with van der Waals surface area (Å²) in [5.74, 6) is 0. The van der Waals surface area contributed by atoms with E-state index in [4.69, 9.17) is 4.42 Å². The Labute approximate surface area is 125 Å². The first-order valence-corrected chi connectivity index (χ1v) is 6.67. The highest BCUT2D eigenvalue weighted by Crippen LogP contribution is 2.21. The summed E-state index contributed by atoms with van der Waals surface area (Å²) in [7, 11) is 0. The summed E-state index contributed by atoms with van der Waals surface area (Å²) in [6, 6.07) is 9.84. The summed E-state index contributed by atoms with van der Waals surface area (Å²) in [6.07, 6.45) is 1.84. The molecule has 6 heteroatoms. The highest BCUT2D eigenvalue weighted by Gasteiger charge is 2.14. The topological polar surface area (TPSA) is 86.2 Å². The number of aryl methyl sites for hydroxylation is 1. The minimum absolute atomic E-state index is 0.00185.